The van der Waals surface area contributed by atoms with E-state index in [9.17, 15) is 8.42 Å². The van der Waals surface area contributed by atoms with Crippen LogP contribution in [-0.2, 0) is 9.05 Å². The molecule has 0 aliphatic carbocycles. The van der Waals surface area contributed by atoms with Gasteiger partial charge in [-0.1, -0.05) is 26.7 Å². The molecule has 5 nitrogen and oxygen atoms in total. The monoisotopic (exact) mass is 265 g/mol. The van der Waals surface area contributed by atoms with Gasteiger partial charge in [-0.15, -0.1) is 5.10 Å². The van der Waals surface area contributed by atoms with E-state index < -0.39 is 9.05 Å². The third kappa shape index (κ3) is 3.45. The van der Waals surface area contributed by atoms with E-state index in [-0.39, 0.29) is 11.1 Å². The lowest BCUT2D eigenvalue weighted by molar-refractivity contribution is 0.534. The van der Waals surface area contributed by atoms with Gasteiger partial charge in [0.25, 0.3) is 14.2 Å². The first kappa shape index (κ1) is 13.4. The summed E-state index contributed by atoms with van der Waals surface area (Å²) in [5, 5.41) is 5.94. The Morgan fingerprint density at radius 2 is 1.88 bits per heavy atom. The third-order valence-electron chi connectivity index (χ3n) is 2.36. The number of nitrogens with one attached hydrogen (secondary N) is 1. The van der Waals surface area contributed by atoms with Gasteiger partial charge >= 0.3 is 0 Å². The van der Waals surface area contributed by atoms with Crippen molar-refractivity contribution in [2.45, 2.75) is 50.6 Å². The van der Waals surface area contributed by atoms with Crippen LogP contribution in [0.5, 0.6) is 0 Å². The predicted octanol–water partition coefficient (Wildman–Crippen LogP) is 2.42. The SMILES string of the molecule is CCCC(CCC)c1nc(S(=O)(=O)Cl)n[nH]1. The standard InChI is InChI=1S/C9H16ClN3O2S/c1-3-5-7(6-4-2)8-11-9(13-12-8)16(10,14)15/h7H,3-6H2,1-2H3,(H,11,12,13). The van der Waals surface area contributed by atoms with Gasteiger partial charge in [0.2, 0.25) is 0 Å². The zero-order valence-electron chi connectivity index (χ0n) is 9.40. The van der Waals surface area contributed by atoms with Crippen LogP contribution in [0.2, 0.25) is 0 Å². The summed E-state index contributed by atoms with van der Waals surface area (Å²) >= 11 is 0. The maximum Gasteiger partial charge on any atom is 0.298 e. The van der Waals surface area contributed by atoms with Crippen molar-refractivity contribution in [2.24, 2.45) is 0 Å². The molecule has 0 aliphatic heterocycles. The second-order valence-electron chi connectivity index (χ2n) is 3.72. The molecule has 1 aromatic heterocycles. The minimum Gasteiger partial charge on any atom is -0.262 e. The number of H-pyrrole nitrogens is 1. The molecule has 0 saturated carbocycles. The molecule has 0 radical (unpaired) electrons. The minimum absolute atomic E-state index is 0.231. The van der Waals surface area contributed by atoms with Gasteiger partial charge in [-0.3, -0.25) is 5.10 Å². The quantitative estimate of drug-likeness (QED) is 0.802. The van der Waals surface area contributed by atoms with Crippen LogP contribution in [0.1, 0.15) is 51.3 Å². The van der Waals surface area contributed by atoms with E-state index in [0.29, 0.717) is 5.82 Å². The van der Waals surface area contributed by atoms with Crippen molar-refractivity contribution in [3.63, 3.8) is 0 Å². The van der Waals surface area contributed by atoms with Crippen molar-refractivity contribution in [2.75, 3.05) is 0 Å². The predicted molar refractivity (Wildman–Crippen MR) is 62.0 cm³/mol. The average Bonchev–Trinajstić information content (AvgIpc) is 2.65. The Balaban J connectivity index is 2.89. The first-order valence-electron chi connectivity index (χ1n) is 5.36. The van der Waals surface area contributed by atoms with Crippen LogP contribution in [0.3, 0.4) is 0 Å². The summed E-state index contributed by atoms with van der Waals surface area (Å²) < 4.78 is 22.0. The molecule has 16 heavy (non-hydrogen) atoms. The Morgan fingerprint density at radius 3 is 2.25 bits per heavy atom. The van der Waals surface area contributed by atoms with Gasteiger partial charge < -0.3 is 0 Å². The second-order valence-corrected chi connectivity index (χ2v) is 6.18. The summed E-state index contributed by atoms with van der Waals surface area (Å²) in [6.45, 7) is 4.16. The van der Waals surface area contributed by atoms with Crippen molar-refractivity contribution in [1.29, 1.82) is 0 Å². The molecule has 0 aromatic carbocycles. The first-order chi connectivity index (χ1) is 7.49. The Labute approximate surface area is 100 Å². The fourth-order valence-electron chi connectivity index (χ4n) is 1.66. The average molecular weight is 266 g/mol. The lowest BCUT2D eigenvalue weighted by atomic mass is 9.98. The smallest absolute Gasteiger partial charge is 0.262 e. The normalized spacial score (nSPS) is 12.2. The molecule has 0 saturated heterocycles. The number of rotatable bonds is 6. The van der Waals surface area contributed by atoms with E-state index in [1.807, 2.05) is 0 Å². The Kier molecular flexibility index (Phi) is 4.73. The summed E-state index contributed by atoms with van der Waals surface area (Å²) in [5.41, 5.74) is 0. The number of aromatic amines is 1. The maximum atomic E-state index is 11.0. The van der Waals surface area contributed by atoms with Crippen molar-refractivity contribution in [3.8, 4) is 0 Å². The van der Waals surface area contributed by atoms with E-state index in [0.717, 1.165) is 25.7 Å². The minimum atomic E-state index is -3.83. The topological polar surface area (TPSA) is 75.7 Å². The molecule has 1 N–H and O–H groups in total. The van der Waals surface area contributed by atoms with Crippen LogP contribution in [0.4, 0.5) is 0 Å². The van der Waals surface area contributed by atoms with Crippen LogP contribution < -0.4 is 0 Å². The van der Waals surface area contributed by atoms with Gasteiger partial charge in [0.15, 0.2) is 0 Å². The van der Waals surface area contributed by atoms with Crippen molar-refractivity contribution in [1.82, 2.24) is 15.2 Å². The van der Waals surface area contributed by atoms with Crippen LogP contribution in [0.25, 0.3) is 0 Å². The summed E-state index contributed by atoms with van der Waals surface area (Å²) in [6.07, 6.45) is 3.97. The molecule has 0 atom stereocenters. The van der Waals surface area contributed by atoms with Gasteiger partial charge in [0, 0.05) is 16.6 Å². The Bertz CT molecular complexity index is 424. The van der Waals surface area contributed by atoms with Crippen LogP contribution in [-0.4, -0.2) is 23.6 Å². The first-order valence-corrected chi connectivity index (χ1v) is 7.66. The molecule has 0 unspecified atom stereocenters. The fourth-order valence-corrected chi connectivity index (χ4v) is 2.23. The molecule has 0 aliphatic rings. The highest BCUT2D eigenvalue weighted by atomic mass is 35.7. The highest BCUT2D eigenvalue weighted by Crippen LogP contribution is 2.24. The third-order valence-corrected chi connectivity index (χ3v) is 3.39. The van der Waals surface area contributed by atoms with E-state index in [2.05, 4.69) is 29.0 Å². The molecule has 1 heterocycles. The number of hydrogen-bond donors (Lipinski definition) is 1. The summed E-state index contributed by atoms with van der Waals surface area (Å²) in [6, 6.07) is 0. The molecule has 0 amide bonds. The molecule has 0 spiro atoms. The number of hydrogen-bond acceptors (Lipinski definition) is 4. The lowest BCUT2D eigenvalue weighted by Gasteiger charge is -2.10. The number of aromatic nitrogens is 3. The van der Waals surface area contributed by atoms with Crippen molar-refractivity contribution >= 4 is 19.7 Å². The molecule has 0 bridgehead atoms. The van der Waals surface area contributed by atoms with Crippen LogP contribution in [0, 0.1) is 0 Å². The van der Waals surface area contributed by atoms with Gasteiger partial charge in [-0.25, -0.2) is 13.4 Å². The number of halogens is 1. The van der Waals surface area contributed by atoms with Crippen molar-refractivity contribution < 1.29 is 8.42 Å². The highest BCUT2D eigenvalue weighted by Gasteiger charge is 2.20. The van der Waals surface area contributed by atoms with Crippen LogP contribution in [0.15, 0.2) is 5.16 Å². The summed E-state index contributed by atoms with van der Waals surface area (Å²) in [7, 11) is 1.33. The van der Waals surface area contributed by atoms with E-state index in [1.54, 1.807) is 0 Å². The molecule has 1 rings (SSSR count). The largest absolute Gasteiger partial charge is 0.298 e. The second kappa shape index (κ2) is 5.63. The molecule has 1 aromatic rings. The van der Waals surface area contributed by atoms with E-state index in [4.69, 9.17) is 10.7 Å². The molecule has 0 fully saturated rings. The Hall–Kier alpha value is -0.620. The number of nitrogens with zero attached hydrogens (tertiary/aromatic N) is 2. The van der Waals surface area contributed by atoms with Gasteiger partial charge in [-0.2, -0.15) is 0 Å². The Morgan fingerprint density at radius 1 is 1.31 bits per heavy atom. The van der Waals surface area contributed by atoms with Gasteiger partial charge in [0.1, 0.15) is 5.82 Å². The van der Waals surface area contributed by atoms with E-state index >= 15 is 0 Å². The summed E-state index contributed by atoms with van der Waals surface area (Å²) in [4.78, 5) is 3.93. The molecule has 92 valence electrons. The fraction of sp³-hybridized carbons (Fsp3) is 0.778. The molecule has 7 heteroatoms. The molecular weight excluding hydrogens is 250 g/mol. The van der Waals surface area contributed by atoms with Crippen molar-refractivity contribution in [3.05, 3.63) is 5.82 Å². The zero-order valence-corrected chi connectivity index (χ0v) is 11.0. The highest BCUT2D eigenvalue weighted by molar-refractivity contribution is 8.13. The van der Waals surface area contributed by atoms with E-state index in [1.165, 1.54) is 0 Å². The lowest BCUT2D eigenvalue weighted by Crippen LogP contribution is -2.01. The summed E-state index contributed by atoms with van der Waals surface area (Å²) in [5.74, 6) is 0.845. The zero-order chi connectivity index (χ0) is 12.2. The molecular formula is C9H16ClN3O2S. The van der Waals surface area contributed by atoms with Crippen LogP contribution >= 0.6 is 10.7 Å². The van der Waals surface area contributed by atoms with Gasteiger partial charge in [-0.05, 0) is 12.8 Å². The maximum absolute atomic E-state index is 11.0. The van der Waals surface area contributed by atoms with Gasteiger partial charge in [0.05, 0.1) is 0 Å².